The van der Waals surface area contributed by atoms with Crippen molar-refractivity contribution in [3.63, 3.8) is 0 Å². The standard InChI is InChI=1S/C20H25NO7S/c22-13-4-3-12-9-14-19(23)5-6-20(24,29(25,26)27)17-18(19,15(12)16(13)28-17)7-8-21(14)10-11-1-2-11/h3-4,11,14,17,22-24H,1-2,5-10H2,(H,25,26,27). The fourth-order valence-corrected chi connectivity index (χ4v) is 7.60. The van der Waals surface area contributed by atoms with E-state index in [1.165, 1.54) is 18.9 Å². The number of phenolic OH excluding ortho intramolecular Hbond substituents is 1. The van der Waals surface area contributed by atoms with Gasteiger partial charge in [0.15, 0.2) is 17.6 Å². The fourth-order valence-electron chi connectivity index (χ4n) is 6.72. The Labute approximate surface area is 168 Å². The van der Waals surface area contributed by atoms with Gasteiger partial charge in [0.25, 0.3) is 10.1 Å². The molecule has 9 heteroatoms. The van der Waals surface area contributed by atoms with Gasteiger partial charge in [0.05, 0.1) is 11.0 Å². The van der Waals surface area contributed by atoms with E-state index in [9.17, 15) is 28.3 Å². The number of ether oxygens (including phenoxy) is 1. The predicted octanol–water partition coefficient (Wildman–Crippen LogP) is 0.533. The van der Waals surface area contributed by atoms with Crippen molar-refractivity contribution in [2.24, 2.45) is 5.92 Å². The molecule has 1 aromatic rings. The van der Waals surface area contributed by atoms with Crippen LogP contribution in [0.3, 0.4) is 0 Å². The molecule has 2 bridgehead atoms. The fraction of sp³-hybridized carbons (Fsp3) is 0.700. The Balaban J connectivity index is 1.59. The third-order valence-electron chi connectivity index (χ3n) is 8.23. The van der Waals surface area contributed by atoms with Gasteiger partial charge in [0.2, 0.25) is 4.93 Å². The highest BCUT2D eigenvalue weighted by Gasteiger charge is 2.78. The summed E-state index contributed by atoms with van der Waals surface area (Å²) in [6, 6.07) is 3.09. The van der Waals surface area contributed by atoms with E-state index in [1.807, 2.05) is 0 Å². The lowest BCUT2D eigenvalue weighted by molar-refractivity contribution is -0.217. The summed E-state index contributed by atoms with van der Waals surface area (Å²) in [5.74, 6) is 0.619. The molecule has 3 aliphatic carbocycles. The van der Waals surface area contributed by atoms with Gasteiger partial charge in [-0.25, -0.2) is 0 Å². The summed E-state index contributed by atoms with van der Waals surface area (Å²) in [5.41, 5.74) is -1.00. The number of nitrogens with zero attached hydrogens (tertiary/aromatic N) is 1. The summed E-state index contributed by atoms with van der Waals surface area (Å²) in [7, 11) is -4.89. The van der Waals surface area contributed by atoms with Crippen LogP contribution in [0, 0.1) is 5.92 Å². The maximum absolute atomic E-state index is 12.2. The molecule has 158 valence electrons. The monoisotopic (exact) mass is 423 g/mol. The Morgan fingerprint density at radius 3 is 2.62 bits per heavy atom. The van der Waals surface area contributed by atoms with E-state index >= 15 is 0 Å². The van der Waals surface area contributed by atoms with Crippen molar-refractivity contribution in [2.75, 3.05) is 13.1 Å². The smallest absolute Gasteiger partial charge is 0.298 e. The maximum atomic E-state index is 12.2. The lowest BCUT2D eigenvalue weighted by Gasteiger charge is -2.64. The van der Waals surface area contributed by atoms with Gasteiger partial charge in [-0.15, -0.1) is 0 Å². The highest BCUT2D eigenvalue weighted by Crippen LogP contribution is 2.67. The van der Waals surface area contributed by atoms with Crippen molar-refractivity contribution < 1.29 is 33.0 Å². The molecule has 0 radical (unpaired) electrons. The number of hydrogen-bond acceptors (Lipinski definition) is 7. The van der Waals surface area contributed by atoms with Crippen LogP contribution in [0.5, 0.6) is 11.5 Å². The van der Waals surface area contributed by atoms with E-state index in [0.29, 0.717) is 30.9 Å². The molecule has 5 aliphatic rings. The summed E-state index contributed by atoms with van der Waals surface area (Å²) in [5, 5.41) is 33.7. The van der Waals surface area contributed by atoms with Crippen LogP contribution in [0.15, 0.2) is 12.1 Å². The predicted molar refractivity (Wildman–Crippen MR) is 101 cm³/mol. The normalized spacial score (nSPS) is 43.0. The van der Waals surface area contributed by atoms with Gasteiger partial charge in [-0.05, 0) is 62.6 Å². The molecule has 5 unspecified atom stereocenters. The van der Waals surface area contributed by atoms with Crippen LogP contribution in [-0.2, 0) is 22.0 Å². The van der Waals surface area contributed by atoms with Gasteiger partial charge < -0.3 is 20.1 Å². The Morgan fingerprint density at radius 2 is 1.93 bits per heavy atom. The molecule has 2 heterocycles. The lowest BCUT2D eigenvalue weighted by atomic mass is 9.48. The number of aliphatic hydroxyl groups is 2. The number of piperidine rings is 1. The molecule has 5 atom stereocenters. The van der Waals surface area contributed by atoms with E-state index < -0.39 is 32.2 Å². The van der Waals surface area contributed by atoms with Crippen molar-refractivity contribution in [3.8, 4) is 11.5 Å². The number of phenols is 1. The van der Waals surface area contributed by atoms with Crippen molar-refractivity contribution in [1.29, 1.82) is 0 Å². The SMILES string of the molecule is O=S(=O)(O)C1(O)CCC2(O)C3Cc4ccc(O)c5c4C2(CCN3CC2CC2)C1O5. The first kappa shape index (κ1) is 18.4. The second-order valence-electron chi connectivity index (χ2n) is 9.57. The average molecular weight is 423 g/mol. The molecule has 6 rings (SSSR count). The number of aromatic hydroxyl groups is 1. The Bertz CT molecular complexity index is 1020. The molecule has 1 aromatic carbocycles. The zero-order chi connectivity index (χ0) is 20.4. The minimum absolute atomic E-state index is 0.0313. The Hall–Kier alpha value is -1.39. The molecule has 1 spiro atoms. The summed E-state index contributed by atoms with van der Waals surface area (Å²) in [6.45, 7) is 1.54. The van der Waals surface area contributed by atoms with E-state index in [-0.39, 0.29) is 30.4 Å². The van der Waals surface area contributed by atoms with Crippen LogP contribution < -0.4 is 4.74 Å². The molecule has 4 N–H and O–H groups in total. The van der Waals surface area contributed by atoms with Crippen LogP contribution >= 0.6 is 0 Å². The van der Waals surface area contributed by atoms with E-state index in [1.54, 1.807) is 6.07 Å². The van der Waals surface area contributed by atoms with Gasteiger partial charge in [0.1, 0.15) is 0 Å². The van der Waals surface area contributed by atoms with Crippen LogP contribution in [0.1, 0.15) is 43.2 Å². The highest BCUT2D eigenvalue weighted by molar-refractivity contribution is 7.87. The van der Waals surface area contributed by atoms with Crippen molar-refractivity contribution in [3.05, 3.63) is 23.3 Å². The topological polar surface area (TPSA) is 128 Å². The van der Waals surface area contributed by atoms with Gasteiger partial charge in [-0.1, -0.05) is 6.07 Å². The zero-order valence-electron chi connectivity index (χ0n) is 15.9. The Morgan fingerprint density at radius 1 is 1.17 bits per heavy atom. The molecule has 0 amide bonds. The molecular weight excluding hydrogens is 398 g/mol. The van der Waals surface area contributed by atoms with Gasteiger partial charge in [-0.3, -0.25) is 9.45 Å². The number of likely N-dealkylation sites (tertiary alicyclic amines) is 1. The first-order chi connectivity index (χ1) is 13.6. The van der Waals surface area contributed by atoms with E-state index in [0.717, 1.165) is 12.1 Å². The van der Waals surface area contributed by atoms with E-state index in [4.69, 9.17) is 4.74 Å². The quantitative estimate of drug-likeness (QED) is 0.519. The molecule has 8 nitrogen and oxygen atoms in total. The summed E-state index contributed by atoms with van der Waals surface area (Å²) in [4.78, 5) is -0.228. The molecular formula is C20H25NO7S. The Kier molecular flexibility index (Phi) is 3.33. The van der Waals surface area contributed by atoms with Crippen LogP contribution in [0.4, 0.5) is 0 Å². The third-order valence-corrected chi connectivity index (χ3v) is 9.55. The first-order valence-corrected chi connectivity index (χ1v) is 11.7. The average Bonchev–Trinajstić information content (AvgIpc) is 3.38. The molecule has 2 aliphatic heterocycles. The number of hydrogen-bond donors (Lipinski definition) is 4. The summed E-state index contributed by atoms with van der Waals surface area (Å²) in [6.07, 6.45) is 1.67. The molecule has 1 saturated heterocycles. The second kappa shape index (κ2) is 5.26. The number of rotatable bonds is 3. The van der Waals surface area contributed by atoms with Crippen LogP contribution in [0.2, 0.25) is 0 Å². The lowest BCUT2D eigenvalue weighted by Crippen LogP contribution is -2.80. The van der Waals surface area contributed by atoms with Crippen molar-refractivity contribution >= 4 is 10.1 Å². The van der Waals surface area contributed by atoms with Crippen molar-refractivity contribution in [1.82, 2.24) is 4.90 Å². The van der Waals surface area contributed by atoms with Crippen LogP contribution in [0.25, 0.3) is 0 Å². The maximum Gasteiger partial charge on any atom is 0.298 e. The molecule has 0 aromatic heterocycles. The van der Waals surface area contributed by atoms with Crippen LogP contribution in [-0.4, -0.2) is 69.0 Å². The minimum Gasteiger partial charge on any atom is -0.504 e. The van der Waals surface area contributed by atoms with Gasteiger partial charge in [-0.2, -0.15) is 8.42 Å². The number of benzene rings is 1. The van der Waals surface area contributed by atoms with Crippen molar-refractivity contribution in [2.45, 2.75) is 66.6 Å². The largest absolute Gasteiger partial charge is 0.504 e. The molecule has 2 saturated carbocycles. The summed E-state index contributed by atoms with van der Waals surface area (Å²) >= 11 is 0. The first-order valence-electron chi connectivity index (χ1n) is 10.3. The second-order valence-corrected chi connectivity index (χ2v) is 11.2. The zero-order valence-corrected chi connectivity index (χ0v) is 16.7. The molecule has 29 heavy (non-hydrogen) atoms. The van der Waals surface area contributed by atoms with Gasteiger partial charge in [0, 0.05) is 18.2 Å². The highest BCUT2D eigenvalue weighted by atomic mass is 32.2. The van der Waals surface area contributed by atoms with E-state index in [2.05, 4.69) is 4.90 Å². The minimum atomic E-state index is -4.89. The van der Waals surface area contributed by atoms with Gasteiger partial charge >= 0.3 is 0 Å². The third kappa shape index (κ3) is 2.01. The summed E-state index contributed by atoms with van der Waals surface area (Å²) < 4.78 is 40.3. The molecule has 3 fully saturated rings.